The fraction of sp³-hybridized carbons (Fsp3) is 0.400. The van der Waals surface area contributed by atoms with Crippen LogP contribution in [-0.4, -0.2) is 14.5 Å². The number of anilines is 1. The Morgan fingerprint density at radius 1 is 1.41 bits per heavy atom. The third-order valence-electron chi connectivity index (χ3n) is 2.77. The average Bonchev–Trinajstić information content (AvgIpc) is 2.17. The molecule has 0 saturated heterocycles. The van der Waals surface area contributed by atoms with Crippen molar-refractivity contribution >= 4 is 31.6 Å². The number of rotatable bonds is 3. The van der Waals surface area contributed by atoms with E-state index in [4.69, 9.17) is 5.73 Å². The third-order valence-corrected chi connectivity index (χ3v) is 5.25. The van der Waals surface area contributed by atoms with Crippen LogP contribution in [0.5, 0.6) is 0 Å². The lowest BCUT2D eigenvalue weighted by Gasteiger charge is -2.26. The lowest BCUT2D eigenvalue weighted by Crippen LogP contribution is -2.39. The maximum Gasteiger partial charge on any atom is 0.242 e. The van der Waals surface area contributed by atoms with E-state index in [2.05, 4.69) is 20.7 Å². The predicted octanol–water partition coefficient (Wildman–Crippen LogP) is 2.00. The van der Waals surface area contributed by atoms with Crippen molar-refractivity contribution in [3.63, 3.8) is 0 Å². The summed E-state index contributed by atoms with van der Waals surface area (Å²) < 4.78 is 39.9. The van der Waals surface area contributed by atoms with Crippen molar-refractivity contribution in [1.82, 2.24) is 4.72 Å². The zero-order valence-corrected chi connectivity index (χ0v) is 11.3. The van der Waals surface area contributed by atoms with Gasteiger partial charge in [-0.15, -0.1) is 0 Å². The molecule has 1 saturated carbocycles. The van der Waals surface area contributed by atoms with Gasteiger partial charge in [0.1, 0.15) is 5.82 Å². The number of nitrogens with two attached hydrogens (primary N) is 1. The molecule has 0 aromatic heterocycles. The van der Waals surface area contributed by atoms with Crippen molar-refractivity contribution in [2.45, 2.75) is 30.2 Å². The number of benzene rings is 1. The van der Waals surface area contributed by atoms with Crippen LogP contribution in [0.25, 0.3) is 0 Å². The van der Waals surface area contributed by atoms with E-state index < -0.39 is 15.8 Å². The number of nitrogens with one attached hydrogen (secondary N) is 1. The molecule has 1 aromatic rings. The highest BCUT2D eigenvalue weighted by molar-refractivity contribution is 9.10. The minimum absolute atomic E-state index is 0.0156. The van der Waals surface area contributed by atoms with Gasteiger partial charge < -0.3 is 5.73 Å². The van der Waals surface area contributed by atoms with Gasteiger partial charge in [-0.3, -0.25) is 0 Å². The molecule has 94 valence electrons. The highest BCUT2D eigenvalue weighted by Crippen LogP contribution is 2.28. The van der Waals surface area contributed by atoms with Gasteiger partial charge in [-0.2, -0.15) is 0 Å². The molecule has 0 unspecified atom stereocenters. The zero-order valence-electron chi connectivity index (χ0n) is 8.91. The molecular formula is C10H12BrFN2O2S. The van der Waals surface area contributed by atoms with Crippen LogP contribution in [0.4, 0.5) is 10.1 Å². The van der Waals surface area contributed by atoms with Crippen LogP contribution in [0.3, 0.4) is 0 Å². The van der Waals surface area contributed by atoms with E-state index in [0.717, 1.165) is 31.4 Å². The SMILES string of the molecule is Nc1cc(S(=O)(=O)NC2CCC2)c(Br)cc1F. The molecule has 17 heavy (non-hydrogen) atoms. The summed E-state index contributed by atoms with van der Waals surface area (Å²) >= 11 is 3.03. The maximum atomic E-state index is 13.1. The summed E-state index contributed by atoms with van der Waals surface area (Å²) in [4.78, 5) is -0.0247. The Kier molecular flexibility index (Phi) is 3.42. The van der Waals surface area contributed by atoms with Gasteiger partial charge in [-0.25, -0.2) is 17.5 Å². The van der Waals surface area contributed by atoms with Gasteiger partial charge in [-0.05, 0) is 40.9 Å². The van der Waals surface area contributed by atoms with Crippen molar-refractivity contribution in [3.8, 4) is 0 Å². The first kappa shape index (κ1) is 12.8. The second-order valence-corrected chi connectivity index (χ2v) is 6.59. The predicted molar refractivity (Wildman–Crippen MR) is 66.5 cm³/mol. The molecule has 0 heterocycles. The molecule has 0 amide bonds. The lowest BCUT2D eigenvalue weighted by atomic mass is 9.94. The van der Waals surface area contributed by atoms with Crippen LogP contribution >= 0.6 is 15.9 Å². The van der Waals surface area contributed by atoms with Crippen molar-refractivity contribution in [3.05, 3.63) is 22.4 Å². The molecule has 1 aliphatic rings. The summed E-state index contributed by atoms with van der Waals surface area (Å²) in [6, 6.07) is 2.17. The van der Waals surface area contributed by atoms with E-state index >= 15 is 0 Å². The number of nitrogen functional groups attached to an aromatic ring is 1. The number of hydrogen-bond donors (Lipinski definition) is 2. The van der Waals surface area contributed by atoms with Crippen molar-refractivity contribution in [2.75, 3.05) is 5.73 Å². The molecule has 0 atom stereocenters. The number of hydrogen-bond acceptors (Lipinski definition) is 3. The minimum atomic E-state index is -3.63. The van der Waals surface area contributed by atoms with Gasteiger partial charge in [0.15, 0.2) is 0 Å². The van der Waals surface area contributed by atoms with E-state index in [1.54, 1.807) is 0 Å². The first-order valence-corrected chi connectivity index (χ1v) is 7.44. The molecule has 0 bridgehead atoms. The van der Waals surface area contributed by atoms with Crippen molar-refractivity contribution < 1.29 is 12.8 Å². The maximum absolute atomic E-state index is 13.1. The Labute approximate surface area is 108 Å². The fourth-order valence-corrected chi connectivity index (χ4v) is 3.91. The topological polar surface area (TPSA) is 72.2 Å². The Hall–Kier alpha value is -0.660. The van der Waals surface area contributed by atoms with E-state index in [1.165, 1.54) is 0 Å². The summed E-state index contributed by atoms with van der Waals surface area (Å²) in [5.74, 6) is -0.639. The van der Waals surface area contributed by atoms with E-state index in [-0.39, 0.29) is 21.1 Å². The van der Waals surface area contributed by atoms with Crippen molar-refractivity contribution in [1.29, 1.82) is 0 Å². The summed E-state index contributed by atoms with van der Waals surface area (Å²) in [5.41, 5.74) is 5.20. The van der Waals surface area contributed by atoms with Crippen molar-refractivity contribution in [2.24, 2.45) is 0 Å². The van der Waals surface area contributed by atoms with Crippen LogP contribution < -0.4 is 10.5 Å². The Balaban J connectivity index is 2.35. The van der Waals surface area contributed by atoms with Gasteiger partial charge in [0, 0.05) is 10.5 Å². The quantitative estimate of drug-likeness (QED) is 0.836. The molecule has 2 rings (SSSR count). The summed E-state index contributed by atoms with van der Waals surface area (Å²) in [6.07, 6.45) is 2.71. The average molecular weight is 323 g/mol. The first-order chi connectivity index (χ1) is 7.90. The van der Waals surface area contributed by atoms with Gasteiger partial charge >= 0.3 is 0 Å². The summed E-state index contributed by atoms with van der Waals surface area (Å²) in [5, 5.41) is 0. The molecule has 3 N–H and O–H groups in total. The van der Waals surface area contributed by atoms with Crippen LogP contribution in [0, 0.1) is 5.82 Å². The molecule has 0 aliphatic heterocycles. The van der Waals surface area contributed by atoms with Crippen LogP contribution in [-0.2, 0) is 10.0 Å². The normalized spacial score (nSPS) is 16.8. The molecule has 1 aliphatic carbocycles. The van der Waals surface area contributed by atoms with Gasteiger partial charge in [0.2, 0.25) is 10.0 Å². The molecule has 0 spiro atoms. The second kappa shape index (κ2) is 4.55. The highest BCUT2D eigenvalue weighted by Gasteiger charge is 2.26. The van der Waals surface area contributed by atoms with Crippen LogP contribution in [0.2, 0.25) is 0 Å². The van der Waals surface area contributed by atoms with Gasteiger partial charge in [-0.1, -0.05) is 6.42 Å². The monoisotopic (exact) mass is 322 g/mol. The Morgan fingerprint density at radius 3 is 2.59 bits per heavy atom. The van der Waals surface area contributed by atoms with Crippen LogP contribution in [0.15, 0.2) is 21.5 Å². The minimum Gasteiger partial charge on any atom is -0.396 e. The van der Waals surface area contributed by atoms with Gasteiger partial charge in [0.25, 0.3) is 0 Å². The molecular weight excluding hydrogens is 311 g/mol. The lowest BCUT2D eigenvalue weighted by molar-refractivity contribution is 0.383. The summed E-state index contributed by atoms with van der Waals surface area (Å²) in [7, 11) is -3.63. The molecule has 1 fully saturated rings. The van der Waals surface area contributed by atoms with E-state index in [9.17, 15) is 12.8 Å². The molecule has 4 nitrogen and oxygen atoms in total. The van der Waals surface area contributed by atoms with Gasteiger partial charge in [0.05, 0.1) is 10.6 Å². The Morgan fingerprint density at radius 2 is 2.06 bits per heavy atom. The largest absolute Gasteiger partial charge is 0.396 e. The highest BCUT2D eigenvalue weighted by atomic mass is 79.9. The standard InChI is InChI=1S/C10H12BrFN2O2S/c11-7-4-8(12)9(13)5-10(7)17(15,16)14-6-2-1-3-6/h4-6,14H,1-3,13H2. The Bertz CT molecular complexity index is 543. The first-order valence-electron chi connectivity index (χ1n) is 5.17. The summed E-state index contributed by atoms with van der Waals surface area (Å²) in [6.45, 7) is 0. The smallest absolute Gasteiger partial charge is 0.242 e. The van der Waals surface area contributed by atoms with E-state index in [1.807, 2.05) is 0 Å². The van der Waals surface area contributed by atoms with E-state index in [0.29, 0.717) is 0 Å². The molecule has 0 radical (unpaired) electrons. The zero-order chi connectivity index (χ0) is 12.6. The van der Waals surface area contributed by atoms with Crippen LogP contribution in [0.1, 0.15) is 19.3 Å². The fourth-order valence-electron chi connectivity index (χ4n) is 1.56. The second-order valence-electron chi connectivity index (χ2n) is 4.05. The molecule has 1 aromatic carbocycles. The molecule has 7 heteroatoms. The number of sulfonamides is 1. The number of halogens is 2. The third kappa shape index (κ3) is 2.61.